The number of hydrogen-bond acceptors (Lipinski definition) is 5. The Hall–Kier alpha value is -3.14. The molecule has 0 fully saturated rings. The highest BCUT2D eigenvalue weighted by Crippen LogP contribution is 2.42. The van der Waals surface area contributed by atoms with Crippen LogP contribution >= 0.6 is 0 Å². The van der Waals surface area contributed by atoms with Gasteiger partial charge in [0.2, 0.25) is 0 Å². The van der Waals surface area contributed by atoms with Crippen LogP contribution in [0.15, 0.2) is 108 Å². The minimum atomic E-state index is -4.75. The summed E-state index contributed by atoms with van der Waals surface area (Å²) in [6.45, 7) is 4.06. The summed E-state index contributed by atoms with van der Waals surface area (Å²) in [7, 11) is -4.75. The van der Waals surface area contributed by atoms with Gasteiger partial charge in [0.05, 0.1) is 13.2 Å². The quantitative estimate of drug-likeness (QED) is 0.157. The first kappa shape index (κ1) is 26.9. The minimum absolute atomic E-state index is 0.0165. The van der Waals surface area contributed by atoms with Gasteiger partial charge in [0.25, 0.3) is 0 Å². The van der Waals surface area contributed by atoms with Crippen molar-refractivity contribution in [3.8, 4) is 11.5 Å². The van der Waals surface area contributed by atoms with Crippen LogP contribution in [0.4, 0.5) is 0 Å². The number of ether oxygens (including phenoxy) is 2. The maximum Gasteiger partial charge on any atom is 0.357 e. The Morgan fingerprint density at radius 3 is 1.70 bits per heavy atom. The van der Waals surface area contributed by atoms with Crippen molar-refractivity contribution in [3.63, 3.8) is 0 Å². The molecule has 5 rings (SSSR count). The molecule has 190 valence electrons. The van der Waals surface area contributed by atoms with Gasteiger partial charge in [0.1, 0.15) is 15.0 Å². The van der Waals surface area contributed by atoms with Crippen molar-refractivity contribution >= 4 is 31.7 Å². The third kappa shape index (κ3) is 6.80. The first-order valence-electron chi connectivity index (χ1n) is 11.9. The summed E-state index contributed by atoms with van der Waals surface area (Å²) in [5.41, 5.74) is 0. The van der Waals surface area contributed by atoms with Gasteiger partial charge in [-0.1, -0.05) is 60.7 Å². The smallest absolute Gasteiger partial charge is 0.357 e. The predicted molar refractivity (Wildman–Crippen MR) is 142 cm³/mol. The topological polar surface area (TPSA) is 75.7 Å². The van der Waals surface area contributed by atoms with Crippen LogP contribution in [0.3, 0.4) is 0 Å². The second kappa shape index (κ2) is 12.4. The summed E-state index contributed by atoms with van der Waals surface area (Å²) >= 11 is 0.0287. The van der Waals surface area contributed by atoms with Crippen LogP contribution in [0, 0.1) is 7.14 Å². The van der Waals surface area contributed by atoms with E-state index in [1.807, 2.05) is 30.3 Å². The monoisotopic (exact) mass is 626 g/mol. The molecule has 5 aromatic carbocycles. The fourth-order valence-corrected chi connectivity index (χ4v) is 6.99. The average molecular weight is 627 g/mol. The number of benzene rings is 5. The van der Waals surface area contributed by atoms with Crippen molar-refractivity contribution in [1.29, 1.82) is 0 Å². The summed E-state index contributed by atoms with van der Waals surface area (Å²) < 4.78 is 49.8. The Balaban J connectivity index is 0.000000207. The largest absolute Gasteiger partial charge is 0.744 e. The van der Waals surface area contributed by atoms with E-state index in [1.165, 1.54) is 7.14 Å². The molecule has 0 aromatic heterocycles. The van der Waals surface area contributed by atoms with E-state index in [4.69, 9.17) is 9.47 Å². The van der Waals surface area contributed by atoms with Crippen LogP contribution in [-0.2, 0) is 10.1 Å². The molecule has 0 unspecified atom stereocenters. The third-order valence-electron chi connectivity index (χ3n) is 5.40. The highest BCUT2D eigenvalue weighted by Gasteiger charge is 2.21. The predicted octanol–water partition coefficient (Wildman–Crippen LogP) is 3.51. The minimum Gasteiger partial charge on any atom is -0.744 e. The Bertz CT molecular complexity index is 1550. The molecule has 0 spiro atoms. The fraction of sp³-hybridized carbons (Fsp3) is 0.133. The number of hydrogen-bond donors (Lipinski definition) is 0. The fourth-order valence-electron chi connectivity index (χ4n) is 3.89. The number of fused-ring (bicyclic) bond motifs is 2. The SMILES string of the molecule is CCOc1cc2cc3ccccc3cc2c(S(=O)(=O)[O-])c1OCC.c1ccc([I+]c2ccccc2)cc1. The third-order valence-corrected chi connectivity index (χ3v) is 8.99. The zero-order valence-corrected chi connectivity index (χ0v) is 23.5. The normalized spacial score (nSPS) is 11.1. The molecule has 0 heterocycles. The highest BCUT2D eigenvalue weighted by atomic mass is 127. The van der Waals surface area contributed by atoms with Crippen molar-refractivity contribution in [1.82, 2.24) is 0 Å². The molecule has 7 heteroatoms. The van der Waals surface area contributed by atoms with Crippen LogP contribution in [0.25, 0.3) is 21.5 Å². The van der Waals surface area contributed by atoms with Gasteiger partial charge in [-0.05, 0) is 72.5 Å². The van der Waals surface area contributed by atoms with E-state index < -0.39 is 10.1 Å². The van der Waals surface area contributed by atoms with Gasteiger partial charge < -0.3 is 14.0 Å². The van der Waals surface area contributed by atoms with Gasteiger partial charge >= 0.3 is 21.2 Å². The molecule has 0 aliphatic rings. The highest BCUT2D eigenvalue weighted by molar-refractivity contribution is 7.86. The molecule has 0 atom stereocenters. The lowest BCUT2D eigenvalue weighted by Crippen LogP contribution is -3.61. The standard InChI is InChI=1S/C18H18O5S.C12H10I/c1-3-22-16-11-14-9-12-7-5-6-8-13(12)10-15(14)18(24(19,20)21)17(16)23-4-2;1-3-7-11(8-4-1)13-12-9-5-2-6-10-12/h5-11H,3-4H2,1-2H3,(H,19,20,21);1-10H/q;+1/p-1. The second-order valence-electron chi connectivity index (χ2n) is 7.96. The summed E-state index contributed by atoms with van der Waals surface area (Å²) in [4.78, 5) is -0.365. The lowest BCUT2D eigenvalue weighted by Gasteiger charge is -2.20. The molecule has 0 radical (unpaired) electrons. The van der Waals surface area contributed by atoms with E-state index >= 15 is 0 Å². The first-order chi connectivity index (χ1) is 17.9. The van der Waals surface area contributed by atoms with Crippen LogP contribution in [0.2, 0.25) is 0 Å². The summed E-state index contributed by atoms with van der Waals surface area (Å²) in [6.07, 6.45) is 0. The van der Waals surface area contributed by atoms with E-state index in [2.05, 4.69) is 60.7 Å². The zero-order chi connectivity index (χ0) is 26.3. The Morgan fingerprint density at radius 2 is 1.19 bits per heavy atom. The van der Waals surface area contributed by atoms with Gasteiger partial charge in [-0.3, -0.25) is 0 Å². The van der Waals surface area contributed by atoms with Crippen molar-refractivity contribution < 1.29 is 43.6 Å². The molecule has 0 aliphatic carbocycles. The van der Waals surface area contributed by atoms with Gasteiger partial charge in [-0.25, -0.2) is 8.42 Å². The maximum absolute atomic E-state index is 11.9. The van der Waals surface area contributed by atoms with E-state index in [0.717, 1.165) is 10.8 Å². The van der Waals surface area contributed by atoms with E-state index in [-0.39, 0.29) is 44.2 Å². The summed E-state index contributed by atoms with van der Waals surface area (Å²) in [6, 6.07) is 34.2. The zero-order valence-electron chi connectivity index (χ0n) is 20.6. The molecule has 0 saturated carbocycles. The van der Waals surface area contributed by atoms with Gasteiger partial charge in [0.15, 0.2) is 18.6 Å². The van der Waals surface area contributed by atoms with Crippen molar-refractivity contribution in [3.05, 3.63) is 110 Å². The molecule has 0 N–H and O–H groups in total. The Labute approximate surface area is 228 Å². The van der Waals surface area contributed by atoms with Crippen molar-refractivity contribution in [2.45, 2.75) is 18.7 Å². The molecular formula is C30H27IO5S. The Kier molecular flexibility index (Phi) is 9.02. The first-order valence-corrected chi connectivity index (χ1v) is 15.4. The molecule has 0 bridgehead atoms. The maximum atomic E-state index is 11.9. The molecule has 37 heavy (non-hydrogen) atoms. The van der Waals surface area contributed by atoms with Crippen LogP contribution in [0.5, 0.6) is 11.5 Å². The van der Waals surface area contributed by atoms with Gasteiger partial charge in [-0.15, -0.1) is 0 Å². The molecule has 0 amide bonds. The lowest BCUT2D eigenvalue weighted by atomic mass is 10.0. The Morgan fingerprint density at radius 1 is 0.676 bits per heavy atom. The van der Waals surface area contributed by atoms with Crippen LogP contribution in [0.1, 0.15) is 13.8 Å². The van der Waals surface area contributed by atoms with Gasteiger partial charge in [-0.2, -0.15) is 0 Å². The number of rotatable bonds is 7. The average Bonchev–Trinajstić information content (AvgIpc) is 2.89. The summed E-state index contributed by atoms with van der Waals surface area (Å²) in [5.74, 6) is 0.244. The van der Waals surface area contributed by atoms with E-state index in [9.17, 15) is 13.0 Å². The van der Waals surface area contributed by atoms with E-state index in [1.54, 1.807) is 26.0 Å². The second-order valence-corrected chi connectivity index (χ2v) is 12.3. The molecule has 0 saturated heterocycles. The van der Waals surface area contributed by atoms with Crippen molar-refractivity contribution in [2.24, 2.45) is 0 Å². The van der Waals surface area contributed by atoms with Crippen molar-refractivity contribution in [2.75, 3.05) is 13.2 Å². The van der Waals surface area contributed by atoms with E-state index in [0.29, 0.717) is 17.4 Å². The molecule has 5 aromatic rings. The number of halogens is 1. The van der Waals surface area contributed by atoms with Gasteiger partial charge in [0, 0.05) is 5.39 Å². The molecule has 5 nitrogen and oxygen atoms in total. The van der Waals surface area contributed by atoms with Crippen LogP contribution in [-0.4, -0.2) is 26.2 Å². The molecular weight excluding hydrogens is 599 g/mol. The molecule has 0 aliphatic heterocycles. The summed E-state index contributed by atoms with van der Waals surface area (Å²) in [5, 5.41) is 2.76. The lowest BCUT2D eigenvalue weighted by molar-refractivity contribution is -0.597. The van der Waals surface area contributed by atoms with Crippen LogP contribution < -0.4 is 30.7 Å².